The lowest BCUT2D eigenvalue weighted by Gasteiger charge is -2.12. The smallest absolute Gasteiger partial charge is 0.200 e. The number of hydrogen-bond acceptors (Lipinski definition) is 2. The van der Waals surface area contributed by atoms with Gasteiger partial charge in [-0.2, -0.15) is 15.0 Å². The summed E-state index contributed by atoms with van der Waals surface area (Å²) in [4.78, 5) is 1.04. The van der Waals surface area contributed by atoms with Gasteiger partial charge in [-0.25, -0.2) is 4.39 Å². The van der Waals surface area contributed by atoms with Crippen molar-refractivity contribution in [1.82, 2.24) is 15.0 Å². The Morgan fingerprint density at radius 3 is 2.45 bits per heavy atom. The molecule has 62 valence electrons. The maximum atomic E-state index is 12.0. The second-order valence-electron chi connectivity index (χ2n) is 3.47. The van der Waals surface area contributed by atoms with Crippen LogP contribution in [0, 0.1) is 0 Å². The van der Waals surface area contributed by atoms with Crippen LogP contribution in [0.5, 0.6) is 0 Å². The molecule has 3 nitrogen and oxygen atoms in total. The van der Waals surface area contributed by atoms with Crippen molar-refractivity contribution >= 4 is 0 Å². The van der Waals surface area contributed by atoms with E-state index in [1.165, 1.54) is 0 Å². The third-order valence-corrected chi connectivity index (χ3v) is 1.41. The highest BCUT2D eigenvalue weighted by molar-refractivity contribution is 5.05. The SMILES string of the molecule is CC(C)(C)c1cnn(CF)n1. The predicted octanol–water partition coefficient (Wildman–Crippen LogP) is 1.50. The number of alkyl halides is 1. The number of halogens is 1. The van der Waals surface area contributed by atoms with Crippen molar-refractivity contribution in [2.24, 2.45) is 0 Å². The number of aromatic nitrogens is 3. The number of hydrogen-bond donors (Lipinski definition) is 0. The van der Waals surface area contributed by atoms with Crippen LogP contribution in [-0.4, -0.2) is 15.0 Å². The number of nitrogens with zero attached hydrogens (tertiary/aromatic N) is 3. The van der Waals surface area contributed by atoms with Crippen LogP contribution in [0.3, 0.4) is 0 Å². The Balaban J connectivity index is 2.89. The first-order chi connectivity index (χ1) is 5.04. The van der Waals surface area contributed by atoms with Crippen LogP contribution >= 0.6 is 0 Å². The summed E-state index contributed by atoms with van der Waals surface area (Å²) in [7, 11) is 0. The lowest BCUT2D eigenvalue weighted by molar-refractivity contribution is 0.315. The highest BCUT2D eigenvalue weighted by Crippen LogP contribution is 2.18. The zero-order valence-corrected chi connectivity index (χ0v) is 7.00. The fourth-order valence-corrected chi connectivity index (χ4v) is 0.699. The van der Waals surface area contributed by atoms with Crippen LogP contribution < -0.4 is 0 Å². The van der Waals surface area contributed by atoms with E-state index in [2.05, 4.69) is 10.2 Å². The van der Waals surface area contributed by atoms with Gasteiger partial charge in [-0.15, -0.1) is 0 Å². The Morgan fingerprint density at radius 2 is 2.18 bits per heavy atom. The third kappa shape index (κ3) is 1.76. The molecule has 0 fully saturated rings. The molecule has 4 heteroatoms. The molecule has 0 amide bonds. The van der Waals surface area contributed by atoms with E-state index >= 15 is 0 Å². The van der Waals surface area contributed by atoms with Gasteiger partial charge in [0.15, 0.2) is 0 Å². The number of rotatable bonds is 1. The normalized spacial score (nSPS) is 12.0. The second kappa shape index (κ2) is 2.60. The molecule has 0 saturated heterocycles. The molecular weight excluding hydrogens is 145 g/mol. The summed E-state index contributed by atoms with van der Waals surface area (Å²) in [5.74, 6) is 0. The molecule has 0 aromatic carbocycles. The van der Waals surface area contributed by atoms with Crippen molar-refractivity contribution in [2.75, 3.05) is 0 Å². The summed E-state index contributed by atoms with van der Waals surface area (Å²) in [5.41, 5.74) is 0.767. The molecule has 0 N–H and O–H groups in total. The molecule has 0 aliphatic rings. The highest BCUT2D eigenvalue weighted by atomic mass is 19.1. The second-order valence-corrected chi connectivity index (χ2v) is 3.47. The van der Waals surface area contributed by atoms with E-state index in [1.807, 2.05) is 20.8 Å². The minimum atomic E-state index is -0.657. The molecule has 1 heterocycles. The summed E-state index contributed by atoms with van der Waals surface area (Å²) in [6.07, 6.45) is 1.60. The van der Waals surface area contributed by atoms with Crippen molar-refractivity contribution in [3.05, 3.63) is 11.9 Å². The van der Waals surface area contributed by atoms with Gasteiger partial charge in [0.1, 0.15) is 0 Å². The standard InChI is InChI=1S/C7H12FN3/c1-7(2,3)6-4-9-11(5-8)10-6/h4H,5H2,1-3H3. The Hall–Kier alpha value is -0.930. The lowest BCUT2D eigenvalue weighted by atomic mass is 9.93. The quantitative estimate of drug-likeness (QED) is 0.618. The Morgan fingerprint density at radius 1 is 1.55 bits per heavy atom. The van der Waals surface area contributed by atoms with Gasteiger partial charge in [0.25, 0.3) is 0 Å². The van der Waals surface area contributed by atoms with Crippen molar-refractivity contribution < 1.29 is 4.39 Å². The van der Waals surface area contributed by atoms with E-state index in [9.17, 15) is 4.39 Å². The van der Waals surface area contributed by atoms with Crippen LogP contribution in [0.25, 0.3) is 0 Å². The van der Waals surface area contributed by atoms with Crippen molar-refractivity contribution in [3.8, 4) is 0 Å². The van der Waals surface area contributed by atoms with Crippen LogP contribution in [0.2, 0.25) is 0 Å². The van der Waals surface area contributed by atoms with Gasteiger partial charge in [0.05, 0.1) is 11.9 Å². The molecular formula is C7H12FN3. The predicted molar refractivity (Wildman–Crippen MR) is 39.8 cm³/mol. The van der Waals surface area contributed by atoms with E-state index in [4.69, 9.17) is 0 Å². The summed E-state index contributed by atoms with van der Waals surface area (Å²) < 4.78 is 12.0. The largest absolute Gasteiger partial charge is 0.223 e. The monoisotopic (exact) mass is 157 g/mol. The van der Waals surface area contributed by atoms with Gasteiger partial charge in [-0.05, 0) is 0 Å². The first-order valence-electron chi connectivity index (χ1n) is 3.50. The highest BCUT2D eigenvalue weighted by Gasteiger charge is 2.17. The van der Waals surface area contributed by atoms with Crippen LogP contribution in [0.4, 0.5) is 4.39 Å². The molecule has 0 bridgehead atoms. The van der Waals surface area contributed by atoms with Crippen LogP contribution in [0.15, 0.2) is 6.20 Å². The molecule has 11 heavy (non-hydrogen) atoms. The van der Waals surface area contributed by atoms with Gasteiger partial charge < -0.3 is 0 Å². The molecule has 0 unspecified atom stereocenters. The zero-order valence-electron chi connectivity index (χ0n) is 7.00. The summed E-state index contributed by atoms with van der Waals surface area (Å²) in [6, 6.07) is 0. The molecule has 1 aromatic rings. The van der Waals surface area contributed by atoms with E-state index in [0.29, 0.717) is 0 Å². The van der Waals surface area contributed by atoms with Crippen molar-refractivity contribution in [3.63, 3.8) is 0 Å². The van der Waals surface area contributed by atoms with E-state index in [1.54, 1.807) is 6.20 Å². The van der Waals surface area contributed by atoms with Gasteiger partial charge in [-0.1, -0.05) is 20.8 Å². The van der Waals surface area contributed by atoms with Crippen LogP contribution in [0.1, 0.15) is 26.5 Å². The molecule has 0 aliphatic heterocycles. The van der Waals surface area contributed by atoms with Gasteiger partial charge in [-0.3, -0.25) is 0 Å². The average molecular weight is 157 g/mol. The first kappa shape index (κ1) is 8.17. The van der Waals surface area contributed by atoms with E-state index in [-0.39, 0.29) is 5.41 Å². The fourth-order valence-electron chi connectivity index (χ4n) is 0.699. The third-order valence-electron chi connectivity index (χ3n) is 1.41. The van der Waals surface area contributed by atoms with Gasteiger partial charge in [0, 0.05) is 5.41 Å². The van der Waals surface area contributed by atoms with Crippen molar-refractivity contribution in [1.29, 1.82) is 0 Å². The molecule has 0 radical (unpaired) electrons. The van der Waals surface area contributed by atoms with Gasteiger partial charge in [0.2, 0.25) is 6.80 Å². The Labute approximate surface area is 65.2 Å². The minimum Gasteiger partial charge on any atom is -0.223 e. The Kier molecular flexibility index (Phi) is 1.93. The first-order valence-corrected chi connectivity index (χ1v) is 3.50. The maximum Gasteiger partial charge on any atom is 0.200 e. The van der Waals surface area contributed by atoms with Gasteiger partial charge >= 0.3 is 0 Å². The topological polar surface area (TPSA) is 30.7 Å². The molecule has 0 atom stereocenters. The molecule has 0 spiro atoms. The molecule has 1 aromatic heterocycles. The minimum absolute atomic E-state index is 0.0482. The summed E-state index contributed by atoms with van der Waals surface area (Å²) >= 11 is 0. The maximum absolute atomic E-state index is 12.0. The fraction of sp³-hybridized carbons (Fsp3) is 0.714. The summed E-state index contributed by atoms with van der Waals surface area (Å²) in [5, 5.41) is 7.66. The molecule has 0 aliphatic carbocycles. The average Bonchev–Trinajstić information content (AvgIpc) is 2.32. The summed E-state index contributed by atoms with van der Waals surface area (Å²) in [6.45, 7) is 5.38. The van der Waals surface area contributed by atoms with Crippen molar-refractivity contribution in [2.45, 2.75) is 33.0 Å². The Bertz CT molecular complexity index is 236. The van der Waals surface area contributed by atoms with E-state index < -0.39 is 6.80 Å². The van der Waals surface area contributed by atoms with E-state index in [0.717, 1.165) is 10.5 Å². The zero-order chi connectivity index (χ0) is 8.48. The van der Waals surface area contributed by atoms with Crippen LogP contribution in [-0.2, 0) is 12.2 Å². The lowest BCUT2D eigenvalue weighted by Crippen LogP contribution is -2.12. The molecule has 1 rings (SSSR count). The molecule has 0 saturated carbocycles.